The minimum Gasteiger partial charge on any atom is -0.480 e. The van der Waals surface area contributed by atoms with E-state index in [2.05, 4.69) is 37.2 Å². The normalized spacial score (nSPS) is 19.8. The molecule has 25 nitrogen and oxygen atoms in total. The maximum atomic E-state index is 15.5. The number of carbonyl (C=O) groups excluding carboxylic acids is 9. The van der Waals surface area contributed by atoms with Gasteiger partial charge in [0.15, 0.2) is 5.60 Å². The van der Waals surface area contributed by atoms with Crippen molar-refractivity contribution in [2.24, 2.45) is 11.3 Å². The number of nitrogens with one attached hydrogen (secondary N) is 7. The standard InChI is InChI=1S/C56H63FN10O15/c1-4-56(80)34-17-39-48-32(24-66(39)52(77)33(34)25-82-54(56)79)47-36(12-11-31-29(3)35(57)18-37(64-48)46(31)47)65-53(78)55(13-8-14-55)26-81-27-62-42(69)21-60-49(74)38(16-30-9-6-5-7-10-30)63-43(70)22-59-41(68)20-61-50(75)40(19-58-23-45(72)73)67-44(71)15-28(2)51(67)76/h5-7,9-10,17-18,28,36,38,40,58,80H,4,8,11-16,19-27H2,1-3H3,(H,59,68)(H,60,74)(H,61,75)(H,62,69)(H,63,70)(H,65,78)(H,72,73)/t28?,36-,38-,40-,56-/m0/s1. The Labute approximate surface area is 467 Å². The second-order valence-corrected chi connectivity index (χ2v) is 21.4. The van der Waals surface area contributed by atoms with E-state index in [9.17, 15) is 57.8 Å². The zero-order valence-corrected chi connectivity index (χ0v) is 45.3. The topological polar surface area (TPSA) is 352 Å². The van der Waals surface area contributed by atoms with Gasteiger partial charge in [0.2, 0.25) is 47.3 Å². The minimum absolute atomic E-state index is 0.0140. The number of nitrogens with zero attached hydrogens (tertiary/aromatic N) is 3. The highest BCUT2D eigenvalue weighted by Gasteiger charge is 2.48. The number of amides is 8. The third kappa shape index (κ3) is 11.5. The molecule has 5 heterocycles. The number of imide groups is 1. The summed E-state index contributed by atoms with van der Waals surface area (Å²) in [6.45, 7) is 1.30. The maximum Gasteiger partial charge on any atom is 0.343 e. The summed E-state index contributed by atoms with van der Waals surface area (Å²) < 4.78 is 28.2. The summed E-state index contributed by atoms with van der Waals surface area (Å²) in [6.07, 6.45) is 2.28. The van der Waals surface area contributed by atoms with Crippen molar-refractivity contribution in [3.8, 4) is 11.4 Å². The lowest BCUT2D eigenvalue weighted by atomic mass is 9.68. The number of benzene rings is 2. The number of ether oxygens (including phenoxy) is 2. The van der Waals surface area contributed by atoms with Crippen LogP contribution in [-0.4, -0.2) is 142 Å². The number of hydrogen-bond donors (Lipinski definition) is 9. The van der Waals surface area contributed by atoms with E-state index in [1.54, 1.807) is 50.2 Å². The first-order valence-corrected chi connectivity index (χ1v) is 27.1. The number of carboxylic acids is 1. The molecule has 8 amide bonds. The lowest BCUT2D eigenvalue weighted by Gasteiger charge is -2.41. The summed E-state index contributed by atoms with van der Waals surface area (Å²) in [5, 5.41) is 39.1. The van der Waals surface area contributed by atoms with Crippen molar-refractivity contribution in [3.63, 3.8) is 0 Å². The molecule has 1 saturated heterocycles. The molecule has 0 radical (unpaired) electrons. The number of rotatable bonds is 23. The van der Waals surface area contributed by atoms with Gasteiger partial charge in [-0.3, -0.25) is 52.8 Å². The van der Waals surface area contributed by atoms with Crippen LogP contribution in [0.15, 0.2) is 47.3 Å². The van der Waals surface area contributed by atoms with Crippen LogP contribution in [0.4, 0.5) is 4.39 Å². The highest BCUT2D eigenvalue weighted by atomic mass is 19.1. The minimum atomic E-state index is -2.06. The van der Waals surface area contributed by atoms with Crippen LogP contribution in [-0.2, 0) is 89.0 Å². The van der Waals surface area contributed by atoms with Gasteiger partial charge >= 0.3 is 11.9 Å². The smallest absolute Gasteiger partial charge is 0.343 e. The molecule has 2 fully saturated rings. The van der Waals surface area contributed by atoms with E-state index in [4.69, 9.17) is 19.6 Å². The van der Waals surface area contributed by atoms with Crippen molar-refractivity contribution >= 4 is 70.1 Å². The number of halogens is 1. The van der Waals surface area contributed by atoms with Crippen LogP contribution in [0.3, 0.4) is 0 Å². The van der Waals surface area contributed by atoms with Crippen molar-refractivity contribution in [1.29, 1.82) is 0 Å². The van der Waals surface area contributed by atoms with Gasteiger partial charge in [-0.25, -0.2) is 14.2 Å². The van der Waals surface area contributed by atoms with E-state index < -0.39 is 132 Å². The molecule has 2 aromatic heterocycles. The van der Waals surface area contributed by atoms with Gasteiger partial charge in [0.05, 0.1) is 73.3 Å². The Balaban J connectivity index is 0.785. The highest BCUT2D eigenvalue weighted by Crippen LogP contribution is 2.48. The van der Waals surface area contributed by atoms with Gasteiger partial charge in [-0.15, -0.1) is 0 Å². The Kier molecular flexibility index (Phi) is 17.0. The number of esters is 1. The second-order valence-electron chi connectivity index (χ2n) is 21.4. The number of aromatic nitrogens is 2. The Bertz CT molecular complexity index is 3390. The van der Waals surface area contributed by atoms with E-state index in [0.29, 0.717) is 70.2 Å². The number of aliphatic hydroxyl groups is 1. The second kappa shape index (κ2) is 23.9. The summed E-state index contributed by atoms with van der Waals surface area (Å²) in [4.78, 5) is 149. The Morgan fingerprint density at radius 1 is 0.902 bits per heavy atom. The van der Waals surface area contributed by atoms with Crippen molar-refractivity contribution in [1.82, 2.24) is 51.7 Å². The molecule has 1 unspecified atom stereocenters. The molecule has 9 N–H and O–H groups in total. The summed E-state index contributed by atoms with van der Waals surface area (Å²) in [6, 6.07) is 8.28. The number of carboxylic acid groups (broad SMARTS) is 1. The largest absolute Gasteiger partial charge is 0.480 e. The maximum absolute atomic E-state index is 15.5. The number of aliphatic carboxylic acids is 1. The van der Waals surface area contributed by atoms with E-state index in [-0.39, 0.29) is 62.8 Å². The summed E-state index contributed by atoms with van der Waals surface area (Å²) in [5.74, 6) is -8.82. The molecule has 0 spiro atoms. The first-order chi connectivity index (χ1) is 39.1. The van der Waals surface area contributed by atoms with Gasteiger partial charge in [0.1, 0.15) is 31.2 Å². The van der Waals surface area contributed by atoms with Crippen molar-refractivity contribution < 1.29 is 72.0 Å². The fourth-order valence-electron chi connectivity index (χ4n) is 11.4. The molecule has 2 aromatic carbocycles. The van der Waals surface area contributed by atoms with Gasteiger partial charge in [0.25, 0.3) is 5.56 Å². The van der Waals surface area contributed by atoms with Crippen molar-refractivity contribution in [2.45, 2.75) is 109 Å². The van der Waals surface area contributed by atoms with Crippen LogP contribution >= 0.6 is 0 Å². The lowest BCUT2D eigenvalue weighted by molar-refractivity contribution is -0.172. The predicted molar refractivity (Wildman–Crippen MR) is 285 cm³/mol. The van der Waals surface area contributed by atoms with Crippen molar-refractivity contribution in [2.75, 3.05) is 46.1 Å². The number of fused-ring (bicyclic) bond motifs is 5. The van der Waals surface area contributed by atoms with Gasteiger partial charge in [0, 0.05) is 47.9 Å². The zero-order valence-electron chi connectivity index (χ0n) is 45.3. The summed E-state index contributed by atoms with van der Waals surface area (Å²) >= 11 is 0. The lowest BCUT2D eigenvalue weighted by Crippen LogP contribution is -2.56. The third-order valence-electron chi connectivity index (χ3n) is 16.1. The van der Waals surface area contributed by atoms with Crippen LogP contribution in [0.2, 0.25) is 0 Å². The average molecular weight is 1140 g/mol. The highest BCUT2D eigenvalue weighted by molar-refractivity contribution is 6.07. The van der Waals surface area contributed by atoms with Crippen LogP contribution in [0, 0.1) is 24.1 Å². The van der Waals surface area contributed by atoms with Crippen LogP contribution < -0.4 is 42.8 Å². The molecule has 1 saturated carbocycles. The molecular formula is C56H63FN10O15. The van der Waals surface area contributed by atoms with E-state index >= 15 is 4.39 Å². The Hall–Kier alpha value is -8.49. The van der Waals surface area contributed by atoms with Crippen molar-refractivity contribution in [3.05, 3.63) is 97.6 Å². The number of cyclic esters (lactones) is 1. The first-order valence-electron chi connectivity index (χ1n) is 27.1. The molecule has 0 bridgehead atoms. The molecule has 5 atom stereocenters. The molecule has 3 aliphatic heterocycles. The van der Waals surface area contributed by atoms with Crippen LogP contribution in [0.1, 0.15) is 97.4 Å². The molecule has 82 heavy (non-hydrogen) atoms. The van der Waals surface area contributed by atoms with E-state index in [1.165, 1.54) is 17.6 Å². The van der Waals surface area contributed by atoms with Crippen LogP contribution in [0.5, 0.6) is 0 Å². The molecule has 4 aromatic rings. The molecule has 5 aliphatic rings. The Morgan fingerprint density at radius 3 is 2.28 bits per heavy atom. The monoisotopic (exact) mass is 1130 g/mol. The SMILES string of the molecule is CC[C@@]1(O)C(=O)OCc2c1cc1n(c2=O)Cc2c-1nc1cc(F)c(C)c3c1c2[C@@H](NC(=O)C1(COCNC(=O)CNC(=O)[C@H](Cc2ccccc2)NC(=O)CNC(=O)CNC(=O)[C@H](CNCC(=O)O)N2C(=O)CC(C)C2=O)CCC1)CC3. The number of carbonyl (C=O) groups is 10. The van der Waals surface area contributed by atoms with E-state index in [1.807, 2.05) is 0 Å². The summed E-state index contributed by atoms with van der Waals surface area (Å²) in [5.41, 5.74) is 1.02. The molecular weight excluding hydrogens is 1070 g/mol. The molecule has 9 rings (SSSR count). The van der Waals surface area contributed by atoms with Gasteiger partial charge in [-0.2, -0.15) is 0 Å². The molecule has 2 aliphatic carbocycles. The third-order valence-corrected chi connectivity index (χ3v) is 16.1. The molecule has 434 valence electrons. The molecule has 26 heteroatoms. The van der Waals surface area contributed by atoms with Gasteiger partial charge < -0.3 is 61.5 Å². The first kappa shape index (κ1) is 58.2. The fraction of sp³-hybridized carbons (Fsp3) is 0.464. The zero-order chi connectivity index (χ0) is 58.8. The predicted octanol–water partition coefficient (Wildman–Crippen LogP) is -0.595. The summed E-state index contributed by atoms with van der Waals surface area (Å²) in [7, 11) is 0. The van der Waals surface area contributed by atoms with Crippen LogP contribution in [0.25, 0.3) is 22.3 Å². The quantitative estimate of drug-likeness (QED) is 0.0171. The van der Waals surface area contributed by atoms with Gasteiger partial charge in [-0.1, -0.05) is 50.6 Å². The number of hydrogen-bond acceptors (Lipinski definition) is 16. The number of pyridine rings is 2. The number of aryl methyl sites for hydroxylation is 1. The number of likely N-dealkylation sites (tertiary alicyclic amines) is 1. The van der Waals surface area contributed by atoms with Gasteiger partial charge in [-0.05, 0) is 67.3 Å². The average Bonchev–Trinajstić information content (AvgIpc) is 3.08. The fourth-order valence-corrected chi connectivity index (χ4v) is 11.4. The Morgan fingerprint density at radius 2 is 1.61 bits per heavy atom. The van der Waals surface area contributed by atoms with E-state index in [0.717, 1.165) is 16.9 Å².